The van der Waals surface area contributed by atoms with Crippen LogP contribution in [0.2, 0.25) is 0 Å². The predicted octanol–water partition coefficient (Wildman–Crippen LogP) is 3.33. The van der Waals surface area contributed by atoms with Crippen molar-refractivity contribution in [2.24, 2.45) is 5.73 Å². The van der Waals surface area contributed by atoms with Gasteiger partial charge in [0.15, 0.2) is 0 Å². The largest absolute Gasteiger partial charge is 0.416 e. The molecule has 0 radical (unpaired) electrons. The Bertz CT molecular complexity index is 1020. The van der Waals surface area contributed by atoms with Crippen LogP contribution in [-0.2, 0) is 19.1 Å². The smallest absolute Gasteiger partial charge is 0.380 e. The highest BCUT2D eigenvalue weighted by molar-refractivity contribution is 5.98. The number of primary amides is 1. The minimum Gasteiger partial charge on any atom is -0.380 e. The maximum Gasteiger partial charge on any atom is 0.416 e. The number of aromatic nitrogens is 3. The van der Waals surface area contributed by atoms with Crippen LogP contribution in [0.1, 0.15) is 32.9 Å². The third kappa shape index (κ3) is 5.03. The van der Waals surface area contributed by atoms with E-state index in [4.69, 9.17) is 5.73 Å². The van der Waals surface area contributed by atoms with Crippen molar-refractivity contribution >= 4 is 11.6 Å². The van der Waals surface area contributed by atoms with Gasteiger partial charge in [-0.2, -0.15) is 13.2 Å². The van der Waals surface area contributed by atoms with Gasteiger partial charge in [0.05, 0.1) is 23.0 Å². The number of alkyl halides is 3. The zero-order valence-corrected chi connectivity index (χ0v) is 14.9. The molecule has 0 saturated heterocycles. The summed E-state index contributed by atoms with van der Waals surface area (Å²) in [6.07, 6.45) is 0.148. The molecule has 3 heterocycles. The number of halogens is 4. The van der Waals surface area contributed by atoms with Crippen molar-refractivity contribution in [3.63, 3.8) is 0 Å². The number of hydrogen-bond acceptors (Lipinski definition) is 5. The zero-order chi connectivity index (χ0) is 21.0. The van der Waals surface area contributed by atoms with E-state index in [1.54, 1.807) is 0 Å². The summed E-state index contributed by atoms with van der Waals surface area (Å²) in [5.41, 5.74) is 5.67. The van der Waals surface area contributed by atoms with Crippen LogP contribution in [0.4, 0.5) is 23.2 Å². The minimum atomic E-state index is -4.54. The number of rotatable bonds is 6. The topological polar surface area (TPSA) is 93.8 Å². The summed E-state index contributed by atoms with van der Waals surface area (Å²) >= 11 is 0. The molecule has 3 rings (SSSR count). The molecule has 0 aliphatic carbocycles. The van der Waals surface area contributed by atoms with Crippen LogP contribution in [-0.4, -0.2) is 20.9 Å². The first-order valence-electron chi connectivity index (χ1n) is 8.37. The van der Waals surface area contributed by atoms with Crippen molar-refractivity contribution in [3.05, 3.63) is 82.9 Å². The van der Waals surface area contributed by atoms with Crippen molar-refractivity contribution in [1.82, 2.24) is 15.0 Å². The molecule has 10 heteroatoms. The van der Waals surface area contributed by atoms with E-state index in [0.717, 1.165) is 24.7 Å². The number of pyridine rings is 3. The van der Waals surface area contributed by atoms with Gasteiger partial charge in [-0.1, -0.05) is 0 Å². The van der Waals surface area contributed by atoms with Crippen molar-refractivity contribution in [2.75, 3.05) is 5.32 Å². The molecule has 0 fully saturated rings. The lowest BCUT2D eigenvalue weighted by Gasteiger charge is -2.15. The van der Waals surface area contributed by atoms with E-state index in [-0.39, 0.29) is 29.8 Å². The number of nitrogens with one attached hydrogen (secondary N) is 1. The summed E-state index contributed by atoms with van der Waals surface area (Å²) < 4.78 is 52.4. The molecule has 150 valence electrons. The average molecular weight is 405 g/mol. The van der Waals surface area contributed by atoms with Crippen LogP contribution in [0.5, 0.6) is 0 Å². The molecule has 0 spiro atoms. The fourth-order valence-electron chi connectivity index (χ4n) is 2.67. The van der Waals surface area contributed by atoms with E-state index in [2.05, 4.69) is 20.3 Å². The Labute approximate surface area is 162 Å². The minimum absolute atomic E-state index is 0.0262. The number of nitrogens with zero attached hydrogens (tertiary/aromatic N) is 3. The Morgan fingerprint density at radius 3 is 2.48 bits per heavy atom. The quantitative estimate of drug-likeness (QED) is 0.614. The molecule has 6 nitrogen and oxygen atoms in total. The molecule has 0 aliphatic heterocycles. The predicted molar refractivity (Wildman–Crippen MR) is 96.3 cm³/mol. The molecule has 0 aromatic carbocycles. The Balaban J connectivity index is 1.86. The summed E-state index contributed by atoms with van der Waals surface area (Å²) in [6.45, 7) is -0.235. The summed E-state index contributed by atoms with van der Waals surface area (Å²) in [5, 5.41) is 2.80. The van der Waals surface area contributed by atoms with E-state index in [1.807, 2.05) is 0 Å². The van der Waals surface area contributed by atoms with Gasteiger partial charge in [0.1, 0.15) is 5.82 Å². The Hall–Kier alpha value is -3.56. The van der Waals surface area contributed by atoms with E-state index >= 15 is 0 Å². The van der Waals surface area contributed by atoms with Crippen LogP contribution in [0.25, 0.3) is 0 Å². The molecule has 29 heavy (non-hydrogen) atoms. The fraction of sp³-hybridized carbons (Fsp3) is 0.158. The summed E-state index contributed by atoms with van der Waals surface area (Å²) in [6, 6.07) is 5.11. The van der Waals surface area contributed by atoms with E-state index in [9.17, 15) is 22.4 Å². The van der Waals surface area contributed by atoms with E-state index in [0.29, 0.717) is 11.4 Å². The van der Waals surface area contributed by atoms with Crippen molar-refractivity contribution < 1.29 is 22.4 Å². The van der Waals surface area contributed by atoms with Gasteiger partial charge in [-0.25, -0.2) is 4.39 Å². The maximum atomic E-state index is 13.1. The highest BCUT2D eigenvalue weighted by Gasteiger charge is 2.33. The van der Waals surface area contributed by atoms with Gasteiger partial charge in [0.2, 0.25) is 0 Å². The van der Waals surface area contributed by atoms with Gasteiger partial charge in [0, 0.05) is 48.5 Å². The van der Waals surface area contributed by atoms with Gasteiger partial charge in [-0.15, -0.1) is 0 Å². The molecule has 3 aromatic heterocycles. The van der Waals surface area contributed by atoms with Gasteiger partial charge >= 0.3 is 6.18 Å². The summed E-state index contributed by atoms with van der Waals surface area (Å²) in [5.74, 6) is -1.27. The van der Waals surface area contributed by atoms with Gasteiger partial charge < -0.3 is 11.1 Å². The second kappa shape index (κ2) is 8.21. The second-order valence-corrected chi connectivity index (χ2v) is 6.11. The molecule has 3 N–H and O–H groups in total. The highest BCUT2D eigenvalue weighted by Crippen LogP contribution is 2.32. The highest BCUT2D eigenvalue weighted by atomic mass is 19.4. The normalized spacial score (nSPS) is 11.3. The van der Waals surface area contributed by atoms with Gasteiger partial charge in [0.25, 0.3) is 5.91 Å². The first-order chi connectivity index (χ1) is 13.7. The van der Waals surface area contributed by atoms with Gasteiger partial charge in [-0.3, -0.25) is 19.7 Å². The molecule has 0 atom stereocenters. The molecule has 0 bridgehead atoms. The molecule has 3 aromatic rings. The number of nitrogens with two attached hydrogens (primary N) is 1. The molecule has 0 aliphatic rings. The Kier molecular flexibility index (Phi) is 5.71. The number of amides is 1. The lowest BCUT2D eigenvalue weighted by atomic mass is 10.1. The zero-order valence-electron chi connectivity index (χ0n) is 14.9. The van der Waals surface area contributed by atoms with E-state index < -0.39 is 23.5 Å². The number of carbonyl (C=O) groups is 1. The van der Waals surface area contributed by atoms with Crippen molar-refractivity contribution in [3.8, 4) is 0 Å². The van der Waals surface area contributed by atoms with Crippen LogP contribution >= 0.6 is 0 Å². The summed E-state index contributed by atoms with van der Waals surface area (Å²) in [7, 11) is 0. The molecular weight excluding hydrogens is 390 g/mol. The molecule has 0 unspecified atom stereocenters. The van der Waals surface area contributed by atoms with Crippen LogP contribution in [0, 0.1) is 5.82 Å². The maximum absolute atomic E-state index is 13.1. The van der Waals surface area contributed by atoms with E-state index in [1.165, 1.54) is 24.4 Å². The van der Waals surface area contributed by atoms with Gasteiger partial charge in [-0.05, 0) is 24.3 Å². The third-order valence-electron chi connectivity index (χ3n) is 4.06. The average Bonchev–Trinajstić information content (AvgIpc) is 2.67. The molecular formula is C19H15F4N5O. The van der Waals surface area contributed by atoms with Crippen molar-refractivity contribution in [1.29, 1.82) is 0 Å². The SMILES string of the molecule is NC(=O)c1cnc(Cc2ccc(F)cn2)cc1NCc1cnccc1C(F)(F)F. The monoisotopic (exact) mass is 405 g/mol. The lowest BCUT2D eigenvalue weighted by molar-refractivity contribution is -0.138. The van der Waals surface area contributed by atoms with Crippen LogP contribution in [0.15, 0.2) is 49.1 Å². The lowest BCUT2D eigenvalue weighted by Crippen LogP contribution is -2.17. The first kappa shape index (κ1) is 20.2. The number of hydrogen-bond donors (Lipinski definition) is 2. The third-order valence-corrected chi connectivity index (χ3v) is 4.06. The first-order valence-corrected chi connectivity index (χ1v) is 8.37. The fourth-order valence-corrected chi connectivity index (χ4v) is 2.67. The standard InChI is InChI=1S/C19H15F4N5O/c20-12-1-2-13(26-9-12)5-14-6-17(15(10-27-14)18(24)29)28-8-11-7-25-4-3-16(11)19(21,22)23/h1-4,6-7,9-10H,5,8H2,(H2,24,29)(H,27,28). The molecule has 0 saturated carbocycles. The van der Waals surface area contributed by atoms with Crippen LogP contribution in [0.3, 0.4) is 0 Å². The van der Waals surface area contributed by atoms with Crippen LogP contribution < -0.4 is 11.1 Å². The Morgan fingerprint density at radius 2 is 1.83 bits per heavy atom. The molecule has 1 amide bonds. The van der Waals surface area contributed by atoms with Crippen molar-refractivity contribution in [2.45, 2.75) is 19.1 Å². The summed E-state index contributed by atoms with van der Waals surface area (Å²) in [4.78, 5) is 23.4. The number of carbonyl (C=O) groups excluding carboxylic acids is 1. The number of anilines is 1. The second-order valence-electron chi connectivity index (χ2n) is 6.11. The Morgan fingerprint density at radius 1 is 1.07 bits per heavy atom.